The van der Waals surface area contributed by atoms with E-state index in [4.69, 9.17) is 5.73 Å². The molecule has 3 heteroatoms. The number of aryl methyl sites for hydroxylation is 1. The van der Waals surface area contributed by atoms with Gasteiger partial charge in [-0.25, -0.2) is 0 Å². The summed E-state index contributed by atoms with van der Waals surface area (Å²) in [6.07, 6.45) is 5.65. The van der Waals surface area contributed by atoms with Crippen LogP contribution in [0.2, 0.25) is 0 Å². The highest BCUT2D eigenvalue weighted by atomic mass is 79.9. The second kappa shape index (κ2) is 4.38. The Morgan fingerprint density at radius 3 is 2.50 bits per heavy atom. The molecule has 0 heterocycles. The molecular formula is C13H18BrNO. The summed E-state index contributed by atoms with van der Waals surface area (Å²) in [7, 11) is 0. The minimum absolute atomic E-state index is 0.263. The molecule has 0 bridgehead atoms. The minimum Gasteiger partial charge on any atom is -0.508 e. The van der Waals surface area contributed by atoms with Crippen molar-refractivity contribution in [3.63, 3.8) is 0 Å². The molecule has 1 aliphatic carbocycles. The molecule has 0 spiro atoms. The molecule has 1 aromatic rings. The zero-order valence-electron chi connectivity index (χ0n) is 9.59. The third-order valence-electron chi connectivity index (χ3n) is 3.52. The third kappa shape index (κ3) is 2.11. The molecule has 0 atom stereocenters. The fourth-order valence-corrected chi connectivity index (χ4v) is 3.19. The molecule has 1 aliphatic rings. The highest BCUT2D eigenvalue weighted by Crippen LogP contribution is 2.40. The summed E-state index contributed by atoms with van der Waals surface area (Å²) in [6.45, 7) is 1.99. The first-order chi connectivity index (χ1) is 7.53. The molecule has 0 saturated heterocycles. The fraction of sp³-hybridized carbons (Fsp3) is 0.538. The van der Waals surface area contributed by atoms with Crippen LogP contribution in [0.5, 0.6) is 5.75 Å². The zero-order valence-corrected chi connectivity index (χ0v) is 11.2. The van der Waals surface area contributed by atoms with E-state index in [1.807, 2.05) is 13.0 Å². The molecule has 88 valence electrons. The maximum atomic E-state index is 9.69. The Hall–Kier alpha value is -0.540. The Balaban J connectivity index is 2.45. The van der Waals surface area contributed by atoms with E-state index < -0.39 is 0 Å². The van der Waals surface area contributed by atoms with E-state index in [9.17, 15) is 5.11 Å². The highest BCUT2D eigenvalue weighted by molar-refractivity contribution is 9.10. The number of phenols is 1. The molecule has 1 saturated carbocycles. The van der Waals surface area contributed by atoms with Crippen molar-refractivity contribution in [2.45, 2.75) is 44.6 Å². The van der Waals surface area contributed by atoms with Gasteiger partial charge in [-0.3, -0.25) is 0 Å². The Morgan fingerprint density at radius 1 is 1.25 bits per heavy atom. The molecular weight excluding hydrogens is 266 g/mol. The van der Waals surface area contributed by atoms with Gasteiger partial charge < -0.3 is 10.8 Å². The lowest BCUT2D eigenvalue weighted by molar-refractivity contribution is 0.300. The lowest BCUT2D eigenvalue weighted by Gasteiger charge is -2.35. The summed E-state index contributed by atoms with van der Waals surface area (Å²) in [4.78, 5) is 0. The molecule has 0 aliphatic heterocycles. The van der Waals surface area contributed by atoms with Crippen molar-refractivity contribution in [3.8, 4) is 5.75 Å². The molecule has 2 rings (SSSR count). The molecule has 1 fully saturated rings. The summed E-state index contributed by atoms with van der Waals surface area (Å²) in [5, 5.41) is 9.69. The largest absolute Gasteiger partial charge is 0.508 e. The summed E-state index contributed by atoms with van der Waals surface area (Å²) >= 11 is 3.59. The molecule has 0 radical (unpaired) electrons. The van der Waals surface area contributed by atoms with Gasteiger partial charge in [-0.05, 0) is 43.0 Å². The summed E-state index contributed by atoms with van der Waals surface area (Å²) in [5.41, 5.74) is 8.32. The van der Waals surface area contributed by atoms with Crippen molar-refractivity contribution in [1.29, 1.82) is 0 Å². The minimum atomic E-state index is -0.263. The van der Waals surface area contributed by atoms with Gasteiger partial charge in [0, 0.05) is 10.0 Å². The Morgan fingerprint density at radius 2 is 1.88 bits per heavy atom. The average molecular weight is 284 g/mol. The molecule has 2 nitrogen and oxygen atoms in total. The van der Waals surface area contributed by atoms with Gasteiger partial charge in [-0.2, -0.15) is 0 Å². The van der Waals surface area contributed by atoms with Crippen LogP contribution in [0.3, 0.4) is 0 Å². The smallest absolute Gasteiger partial charge is 0.116 e. The highest BCUT2D eigenvalue weighted by Gasteiger charge is 2.31. The van der Waals surface area contributed by atoms with Gasteiger partial charge in [0.05, 0.1) is 0 Å². The molecule has 1 aromatic carbocycles. The van der Waals surface area contributed by atoms with Gasteiger partial charge in [-0.1, -0.05) is 35.2 Å². The second-order valence-electron chi connectivity index (χ2n) is 4.84. The van der Waals surface area contributed by atoms with Crippen LogP contribution in [-0.4, -0.2) is 5.11 Å². The third-order valence-corrected chi connectivity index (χ3v) is 4.57. The van der Waals surface area contributed by atoms with E-state index in [-0.39, 0.29) is 5.54 Å². The number of aromatic hydroxyl groups is 1. The number of benzene rings is 1. The van der Waals surface area contributed by atoms with E-state index in [2.05, 4.69) is 15.9 Å². The van der Waals surface area contributed by atoms with Crippen LogP contribution in [0.25, 0.3) is 0 Å². The van der Waals surface area contributed by atoms with Gasteiger partial charge in [0.15, 0.2) is 0 Å². The van der Waals surface area contributed by atoms with Crippen LogP contribution >= 0.6 is 15.9 Å². The van der Waals surface area contributed by atoms with Crippen molar-refractivity contribution < 1.29 is 5.11 Å². The maximum absolute atomic E-state index is 9.69. The SMILES string of the molecule is Cc1cc(O)cc(C2(N)CCCCC2)c1Br. The number of rotatable bonds is 1. The van der Waals surface area contributed by atoms with Crippen molar-refractivity contribution in [2.75, 3.05) is 0 Å². The Labute approximate surface area is 105 Å². The van der Waals surface area contributed by atoms with Gasteiger partial charge in [0.2, 0.25) is 0 Å². The standard InChI is InChI=1S/C13H18BrNO/c1-9-7-10(16)8-11(12(9)14)13(15)5-3-2-4-6-13/h7-8,16H,2-6,15H2,1H3. The molecule has 3 N–H and O–H groups in total. The molecule has 16 heavy (non-hydrogen) atoms. The number of phenolic OH excluding ortho intramolecular Hbond substituents is 1. The van der Waals surface area contributed by atoms with Gasteiger partial charge in [-0.15, -0.1) is 0 Å². The summed E-state index contributed by atoms with van der Waals surface area (Å²) < 4.78 is 1.05. The second-order valence-corrected chi connectivity index (χ2v) is 5.63. The van der Waals surface area contributed by atoms with Crippen LogP contribution in [-0.2, 0) is 5.54 Å². The molecule has 0 unspecified atom stereocenters. The van der Waals surface area contributed by atoms with Crippen molar-refractivity contribution in [3.05, 3.63) is 27.7 Å². The first-order valence-electron chi connectivity index (χ1n) is 5.81. The monoisotopic (exact) mass is 283 g/mol. The van der Waals surface area contributed by atoms with Crippen molar-refractivity contribution >= 4 is 15.9 Å². The van der Waals surface area contributed by atoms with Crippen LogP contribution in [0, 0.1) is 6.92 Å². The lowest BCUT2D eigenvalue weighted by atomic mass is 9.77. The lowest BCUT2D eigenvalue weighted by Crippen LogP contribution is -2.39. The predicted octanol–water partition coefficient (Wildman–Crippen LogP) is 3.58. The first-order valence-corrected chi connectivity index (χ1v) is 6.61. The van der Waals surface area contributed by atoms with E-state index >= 15 is 0 Å². The molecule has 0 amide bonds. The first kappa shape index (κ1) is 11.9. The molecule has 0 aromatic heterocycles. The number of nitrogens with two attached hydrogens (primary N) is 1. The van der Waals surface area contributed by atoms with E-state index in [0.717, 1.165) is 28.4 Å². The summed E-state index contributed by atoms with van der Waals surface area (Å²) in [6, 6.07) is 3.57. The maximum Gasteiger partial charge on any atom is 0.116 e. The van der Waals surface area contributed by atoms with Crippen LogP contribution in [0.4, 0.5) is 0 Å². The van der Waals surface area contributed by atoms with E-state index in [1.165, 1.54) is 19.3 Å². The predicted molar refractivity (Wildman–Crippen MR) is 69.5 cm³/mol. The summed E-state index contributed by atoms with van der Waals surface area (Å²) in [5.74, 6) is 0.311. The van der Waals surface area contributed by atoms with Crippen LogP contribution in [0.1, 0.15) is 43.2 Å². The number of hydrogen-bond donors (Lipinski definition) is 2. The zero-order chi connectivity index (χ0) is 11.8. The van der Waals surface area contributed by atoms with E-state index in [1.54, 1.807) is 6.07 Å². The normalized spacial score (nSPS) is 19.7. The van der Waals surface area contributed by atoms with Gasteiger partial charge in [0.1, 0.15) is 5.75 Å². The van der Waals surface area contributed by atoms with Gasteiger partial charge in [0.25, 0.3) is 0 Å². The number of halogens is 1. The average Bonchev–Trinajstić information content (AvgIpc) is 2.24. The van der Waals surface area contributed by atoms with Gasteiger partial charge >= 0.3 is 0 Å². The Kier molecular flexibility index (Phi) is 3.27. The van der Waals surface area contributed by atoms with Crippen LogP contribution < -0.4 is 5.73 Å². The topological polar surface area (TPSA) is 46.2 Å². The number of hydrogen-bond acceptors (Lipinski definition) is 2. The fourth-order valence-electron chi connectivity index (χ4n) is 2.56. The van der Waals surface area contributed by atoms with Crippen molar-refractivity contribution in [2.24, 2.45) is 5.73 Å². The van der Waals surface area contributed by atoms with Crippen molar-refractivity contribution in [1.82, 2.24) is 0 Å². The van der Waals surface area contributed by atoms with Crippen LogP contribution in [0.15, 0.2) is 16.6 Å². The Bertz CT molecular complexity index is 397. The quantitative estimate of drug-likeness (QED) is 0.828. The van der Waals surface area contributed by atoms with E-state index in [0.29, 0.717) is 5.75 Å².